The Balaban J connectivity index is 1.32. The first-order valence-corrected chi connectivity index (χ1v) is 14.7. The Morgan fingerprint density at radius 3 is 2.39 bits per heavy atom. The highest BCUT2D eigenvalue weighted by Crippen LogP contribution is 2.46. The second-order valence-corrected chi connectivity index (χ2v) is 12.6. The summed E-state index contributed by atoms with van der Waals surface area (Å²) in [7, 11) is 0. The van der Waals surface area contributed by atoms with Gasteiger partial charge in [-0.05, 0) is 108 Å². The minimum atomic E-state index is -0.482. The topological polar surface area (TPSA) is 88.3 Å². The number of likely N-dealkylation sites (tertiary alicyclic amines) is 1. The molecule has 1 saturated carbocycles. The van der Waals surface area contributed by atoms with Crippen LogP contribution in [0.3, 0.4) is 0 Å². The van der Waals surface area contributed by atoms with E-state index in [4.69, 9.17) is 22.3 Å². The number of halogens is 3. The fourth-order valence-electron chi connectivity index (χ4n) is 6.43. The van der Waals surface area contributed by atoms with Crippen LogP contribution >= 0.6 is 43.5 Å². The largest absolute Gasteiger partial charge is 0.352 e. The van der Waals surface area contributed by atoms with E-state index in [1.165, 1.54) is 16.7 Å². The maximum atomic E-state index is 13.3. The Morgan fingerprint density at radius 1 is 1.00 bits per heavy atom. The molecule has 9 heteroatoms. The highest BCUT2D eigenvalue weighted by atomic mass is 79.9. The van der Waals surface area contributed by atoms with Crippen LogP contribution in [0, 0.1) is 11.8 Å². The van der Waals surface area contributed by atoms with Crippen LogP contribution in [0.4, 0.5) is 4.79 Å². The number of nitrogens with two attached hydrogens (primary N) is 1. The number of nitrogens with zero attached hydrogens (tertiary/aromatic N) is 2. The van der Waals surface area contributed by atoms with Gasteiger partial charge in [-0.1, -0.05) is 27.5 Å². The lowest BCUT2D eigenvalue weighted by Gasteiger charge is -2.39. The van der Waals surface area contributed by atoms with Crippen molar-refractivity contribution in [2.24, 2.45) is 17.6 Å². The number of fused-ring (bicyclic) bond motifs is 2. The lowest BCUT2D eigenvalue weighted by atomic mass is 9.76. The molecular formula is C27H31Br2ClN4O2. The molecule has 2 fully saturated rings. The molecule has 6 nitrogen and oxygen atoms in total. The van der Waals surface area contributed by atoms with Crippen molar-refractivity contribution in [2.45, 2.75) is 63.3 Å². The van der Waals surface area contributed by atoms with Crippen molar-refractivity contribution < 1.29 is 9.59 Å². The predicted octanol–water partition coefficient (Wildman–Crippen LogP) is 5.96. The summed E-state index contributed by atoms with van der Waals surface area (Å²) in [6.45, 7) is 1.54. The maximum Gasteiger partial charge on any atom is 0.312 e. The van der Waals surface area contributed by atoms with Crippen molar-refractivity contribution in [1.82, 2.24) is 15.2 Å². The fraction of sp³-hybridized carbons (Fsp3) is 0.519. The standard InChI is InChI=1S/C27H31Br2ClN4O2/c28-19-11-18-2-1-17-12-20(30)13-22(29)23(17)24(25(18)32-14-19)15-7-9-34(10-8-15)26(35)16-3-5-21(6-4-16)33-27(31)36/h11-16,21,24H,1-10H2,(H3,31,33,36)/t16?,21?,24-/m1/s1. The molecule has 36 heavy (non-hydrogen) atoms. The van der Waals surface area contributed by atoms with Gasteiger partial charge in [0.05, 0.1) is 5.69 Å². The van der Waals surface area contributed by atoms with Crippen LogP contribution in [-0.4, -0.2) is 41.0 Å². The fourth-order valence-corrected chi connectivity index (χ4v) is 7.93. The summed E-state index contributed by atoms with van der Waals surface area (Å²) in [6.07, 6.45) is 8.89. The molecule has 1 aromatic carbocycles. The summed E-state index contributed by atoms with van der Waals surface area (Å²) >= 11 is 13.9. The van der Waals surface area contributed by atoms with Gasteiger partial charge in [0.1, 0.15) is 0 Å². The van der Waals surface area contributed by atoms with Gasteiger partial charge >= 0.3 is 6.03 Å². The summed E-state index contributed by atoms with van der Waals surface area (Å²) < 4.78 is 2.05. The summed E-state index contributed by atoms with van der Waals surface area (Å²) in [6, 6.07) is 5.92. The molecule has 2 aromatic rings. The number of hydrogen-bond acceptors (Lipinski definition) is 3. The minimum absolute atomic E-state index is 0.0436. The molecule has 2 aliphatic carbocycles. The van der Waals surface area contributed by atoms with Crippen molar-refractivity contribution >= 4 is 55.4 Å². The molecule has 1 aliphatic heterocycles. The number of urea groups is 1. The zero-order chi connectivity index (χ0) is 25.4. The molecule has 3 aliphatic rings. The number of carbonyl (C=O) groups is 2. The Kier molecular flexibility index (Phi) is 7.94. The number of carbonyl (C=O) groups excluding carboxylic acids is 2. The molecule has 3 amide bonds. The van der Waals surface area contributed by atoms with Crippen LogP contribution in [0.5, 0.6) is 0 Å². The Morgan fingerprint density at radius 2 is 1.69 bits per heavy atom. The smallest absolute Gasteiger partial charge is 0.312 e. The average molecular weight is 639 g/mol. The number of benzene rings is 1. The van der Waals surface area contributed by atoms with Crippen molar-refractivity contribution in [3.05, 3.63) is 60.7 Å². The van der Waals surface area contributed by atoms with Gasteiger partial charge in [-0.25, -0.2) is 4.79 Å². The summed E-state index contributed by atoms with van der Waals surface area (Å²) in [5.74, 6) is 0.876. The molecule has 0 unspecified atom stereocenters. The molecule has 3 N–H and O–H groups in total. The Bertz CT molecular complexity index is 1160. The van der Waals surface area contributed by atoms with E-state index in [0.29, 0.717) is 5.92 Å². The number of aryl methyl sites for hydroxylation is 2. The van der Waals surface area contributed by atoms with E-state index in [1.54, 1.807) is 0 Å². The van der Waals surface area contributed by atoms with Gasteiger partial charge in [0.25, 0.3) is 0 Å². The number of amides is 3. The first-order chi connectivity index (χ1) is 17.3. The number of piperidine rings is 1. The van der Waals surface area contributed by atoms with Crippen LogP contribution in [-0.2, 0) is 17.6 Å². The van der Waals surface area contributed by atoms with E-state index in [1.807, 2.05) is 12.3 Å². The van der Waals surface area contributed by atoms with E-state index in [0.717, 1.165) is 84.1 Å². The Hall–Kier alpha value is -1.64. The third-order valence-electron chi connectivity index (χ3n) is 8.16. The molecule has 0 spiro atoms. The van der Waals surface area contributed by atoms with Crippen LogP contribution in [0.2, 0.25) is 5.02 Å². The van der Waals surface area contributed by atoms with E-state index in [9.17, 15) is 9.59 Å². The monoisotopic (exact) mass is 636 g/mol. The molecule has 5 rings (SSSR count). The van der Waals surface area contributed by atoms with E-state index in [2.05, 4.69) is 54.2 Å². The number of rotatable bonds is 3. The first kappa shape index (κ1) is 26.0. The van der Waals surface area contributed by atoms with Gasteiger partial charge in [0.15, 0.2) is 0 Å². The van der Waals surface area contributed by atoms with Gasteiger partial charge in [0, 0.05) is 51.1 Å². The average Bonchev–Trinajstić information content (AvgIpc) is 3.00. The van der Waals surface area contributed by atoms with Crippen LogP contribution in [0.1, 0.15) is 66.8 Å². The van der Waals surface area contributed by atoms with Crippen LogP contribution in [0.25, 0.3) is 0 Å². The van der Waals surface area contributed by atoms with Crippen molar-refractivity contribution in [2.75, 3.05) is 13.1 Å². The highest BCUT2D eigenvalue weighted by Gasteiger charge is 2.38. The lowest BCUT2D eigenvalue weighted by molar-refractivity contribution is -0.138. The zero-order valence-electron chi connectivity index (χ0n) is 20.1. The van der Waals surface area contributed by atoms with E-state index >= 15 is 0 Å². The molecule has 1 saturated heterocycles. The number of pyridine rings is 1. The number of aromatic nitrogens is 1. The van der Waals surface area contributed by atoms with E-state index in [-0.39, 0.29) is 23.8 Å². The van der Waals surface area contributed by atoms with Crippen molar-refractivity contribution in [3.63, 3.8) is 0 Å². The molecular weight excluding hydrogens is 608 g/mol. The molecule has 1 aromatic heterocycles. The third-order valence-corrected chi connectivity index (χ3v) is 9.47. The van der Waals surface area contributed by atoms with Crippen LogP contribution < -0.4 is 11.1 Å². The lowest BCUT2D eigenvalue weighted by Crippen LogP contribution is -2.46. The minimum Gasteiger partial charge on any atom is -0.352 e. The normalized spacial score (nSPS) is 24.4. The number of hydrogen-bond donors (Lipinski definition) is 2. The molecule has 0 radical (unpaired) electrons. The van der Waals surface area contributed by atoms with Gasteiger partial charge in [-0.3, -0.25) is 9.78 Å². The van der Waals surface area contributed by atoms with Gasteiger partial charge < -0.3 is 16.0 Å². The maximum absolute atomic E-state index is 13.3. The zero-order valence-corrected chi connectivity index (χ0v) is 24.0. The SMILES string of the molecule is NC(=O)NC1CCC(C(=O)N2CCC([C@H]3c4ncc(Br)cc4CCc4cc(Cl)cc(Br)c43)CC2)CC1. The number of primary amides is 1. The molecule has 192 valence electrons. The second-order valence-electron chi connectivity index (χ2n) is 10.4. The highest BCUT2D eigenvalue weighted by molar-refractivity contribution is 9.10. The quantitative estimate of drug-likeness (QED) is 0.435. The molecule has 0 bridgehead atoms. The Labute approximate surface area is 234 Å². The summed E-state index contributed by atoms with van der Waals surface area (Å²) in [5, 5.41) is 3.54. The van der Waals surface area contributed by atoms with Crippen molar-refractivity contribution in [3.8, 4) is 0 Å². The van der Waals surface area contributed by atoms with Gasteiger partial charge in [-0.2, -0.15) is 0 Å². The van der Waals surface area contributed by atoms with E-state index < -0.39 is 6.03 Å². The molecule has 2 heterocycles. The van der Waals surface area contributed by atoms with Gasteiger partial charge in [0.2, 0.25) is 5.91 Å². The second kappa shape index (κ2) is 11.0. The van der Waals surface area contributed by atoms with Crippen LogP contribution in [0.15, 0.2) is 33.3 Å². The number of nitrogens with one attached hydrogen (secondary N) is 1. The first-order valence-electron chi connectivity index (χ1n) is 12.8. The predicted molar refractivity (Wildman–Crippen MR) is 148 cm³/mol. The van der Waals surface area contributed by atoms with Crippen molar-refractivity contribution in [1.29, 1.82) is 0 Å². The summed E-state index contributed by atoms with van der Waals surface area (Å²) in [5.41, 5.74) is 10.3. The summed E-state index contributed by atoms with van der Waals surface area (Å²) in [4.78, 5) is 31.5. The molecule has 1 atom stereocenters. The third kappa shape index (κ3) is 5.46. The van der Waals surface area contributed by atoms with Gasteiger partial charge in [-0.15, -0.1) is 0 Å².